The second-order valence-electron chi connectivity index (χ2n) is 4.64. The van der Waals surface area contributed by atoms with Crippen molar-refractivity contribution in [2.45, 2.75) is 26.1 Å². The third kappa shape index (κ3) is 5.34. The topological polar surface area (TPSA) is 57.5 Å². The number of hydrogen-bond acceptors (Lipinski definition) is 3. The summed E-state index contributed by atoms with van der Waals surface area (Å²) < 4.78 is 0. The lowest BCUT2D eigenvalue weighted by Crippen LogP contribution is -2.11. The summed E-state index contributed by atoms with van der Waals surface area (Å²) in [5.41, 5.74) is 1.15. The molecule has 0 amide bonds. The second kappa shape index (κ2) is 8.25. The SMILES string of the molecule is CC(C)O.O=C(c1ccccc1)C(O)c1ccccc1. The average Bonchev–Trinajstić information content (AvgIpc) is 2.47. The first kappa shape index (κ1) is 16.1. The maximum Gasteiger partial charge on any atom is 0.195 e. The molecule has 1 unspecified atom stereocenters. The number of aliphatic hydroxyl groups excluding tert-OH is 2. The van der Waals surface area contributed by atoms with Gasteiger partial charge < -0.3 is 10.2 Å². The molecule has 0 aliphatic rings. The molecule has 20 heavy (non-hydrogen) atoms. The van der Waals surface area contributed by atoms with E-state index in [1.54, 1.807) is 62.4 Å². The molecule has 0 heterocycles. The van der Waals surface area contributed by atoms with E-state index in [2.05, 4.69) is 0 Å². The number of Topliss-reactive ketones (excluding diaryl/α,β-unsaturated/α-hetero) is 1. The van der Waals surface area contributed by atoms with E-state index in [1.807, 2.05) is 12.1 Å². The van der Waals surface area contributed by atoms with Gasteiger partial charge in [0.2, 0.25) is 0 Å². The van der Waals surface area contributed by atoms with E-state index in [9.17, 15) is 9.90 Å². The van der Waals surface area contributed by atoms with Crippen molar-refractivity contribution in [3.05, 3.63) is 71.8 Å². The zero-order chi connectivity index (χ0) is 15.0. The van der Waals surface area contributed by atoms with Crippen LogP contribution in [0.4, 0.5) is 0 Å². The highest BCUT2D eigenvalue weighted by Gasteiger charge is 2.18. The Kier molecular flexibility index (Phi) is 6.64. The van der Waals surface area contributed by atoms with Crippen LogP contribution in [-0.2, 0) is 0 Å². The first-order valence-corrected chi connectivity index (χ1v) is 6.52. The zero-order valence-electron chi connectivity index (χ0n) is 11.7. The van der Waals surface area contributed by atoms with Gasteiger partial charge in [-0.15, -0.1) is 0 Å². The van der Waals surface area contributed by atoms with E-state index in [4.69, 9.17) is 5.11 Å². The van der Waals surface area contributed by atoms with Crippen molar-refractivity contribution >= 4 is 5.78 Å². The minimum absolute atomic E-state index is 0.167. The molecule has 1 atom stereocenters. The molecule has 106 valence electrons. The molecule has 0 bridgehead atoms. The highest BCUT2D eigenvalue weighted by atomic mass is 16.3. The molecule has 3 nitrogen and oxygen atoms in total. The van der Waals surface area contributed by atoms with Crippen molar-refractivity contribution in [3.63, 3.8) is 0 Å². The molecule has 2 rings (SSSR count). The highest BCUT2D eigenvalue weighted by Crippen LogP contribution is 2.17. The van der Waals surface area contributed by atoms with E-state index in [0.29, 0.717) is 11.1 Å². The van der Waals surface area contributed by atoms with E-state index in [-0.39, 0.29) is 11.9 Å². The molecule has 0 aliphatic carbocycles. The van der Waals surface area contributed by atoms with Crippen molar-refractivity contribution in [2.24, 2.45) is 0 Å². The van der Waals surface area contributed by atoms with E-state index in [1.165, 1.54) is 0 Å². The van der Waals surface area contributed by atoms with Crippen LogP contribution in [-0.4, -0.2) is 22.1 Å². The molecule has 0 radical (unpaired) electrons. The summed E-state index contributed by atoms with van der Waals surface area (Å²) in [5, 5.41) is 17.9. The van der Waals surface area contributed by atoms with E-state index < -0.39 is 6.10 Å². The van der Waals surface area contributed by atoms with Gasteiger partial charge in [-0.1, -0.05) is 60.7 Å². The summed E-state index contributed by atoms with van der Waals surface area (Å²) in [6, 6.07) is 17.7. The Bertz CT molecular complexity index is 504. The predicted octanol–water partition coefficient (Wildman–Crippen LogP) is 2.99. The Morgan fingerprint density at radius 3 is 1.70 bits per heavy atom. The maximum atomic E-state index is 11.9. The largest absolute Gasteiger partial charge is 0.394 e. The smallest absolute Gasteiger partial charge is 0.195 e. The first-order chi connectivity index (χ1) is 9.52. The molecule has 0 saturated carbocycles. The molecule has 0 aliphatic heterocycles. The van der Waals surface area contributed by atoms with Gasteiger partial charge in [-0.25, -0.2) is 0 Å². The molecular formula is C17H20O3. The summed E-state index contributed by atoms with van der Waals surface area (Å²) in [5.74, 6) is -0.271. The fraction of sp³-hybridized carbons (Fsp3) is 0.235. The van der Waals surface area contributed by atoms with Crippen LogP contribution in [0.1, 0.15) is 35.9 Å². The van der Waals surface area contributed by atoms with Gasteiger partial charge >= 0.3 is 0 Å². The van der Waals surface area contributed by atoms with Crippen molar-refractivity contribution in [2.75, 3.05) is 0 Å². The normalized spacial score (nSPS) is 11.4. The van der Waals surface area contributed by atoms with Crippen LogP contribution in [0.25, 0.3) is 0 Å². The Balaban J connectivity index is 0.000000444. The molecule has 3 heteroatoms. The van der Waals surface area contributed by atoms with E-state index >= 15 is 0 Å². The standard InChI is InChI=1S/C14H12O2.C3H8O/c15-13(11-7-3-1-4-8-11)14(16)12-9-5-2-6-10-12;1-3(2)4/h1-10,13,15H;3-4H,1-2H3. The molecule has 2 aromatic rings. The minimum atomic E-state index is -1.08. The Labute approximate surface area is 119 Å². The van der Waals surface area contributed by atoms with Gasteiger partial charge in [0.05, 0.1) is 0 Å². The van der Waals surface area contributed by atoms with Crippen molar-refractivity contribution in [1.82, 2.24) is 0 Å². The van der Waals surface area contributed by atoms with Crippen LogP contribution in [0.5, 0.6) is 0 Å². The predicted molar refractivity (Wildman–Crippen MR) is 79.5 cm³/mol. The van der Waals surface area contributed by atoms with Crippen LogP contribution < -0.4 is 0 Å². The molecule has 0 fully saturated rings. The fourth-order valence-corrected chi connectivity index (χ4v) is 1.55. The van der Waals surface area contributed by atoms with Gasteiger partial charge in [0.25, 0.3) is 0 Å². The zero-order valence-corrected chi connectivity index (χ0v) is 11.7. The molecule has 2 aromatic carbocycles. The fourth-order valence-electron chi connectivity index (χ4n) is 1.55. The Morgan fingerprint density at radius 2 is 1.25 bits per heavy atom. The number of rotatable bonds is 3. The van der Waals surface area contributed by atoms with Crippen molar-refractivity contribution in [3.8, 4) is 0 Å². The monoisotopic (exact) mass is 272 g/mol. The summed E-state index contributed by atoms with van der Waals surface area (Å²) in [6.07, 6.45) is -1.25. The lowest BCUT2D eigenvalue weighted by Gasteiger charge is -2.09. The number of benzene rings is 2. The summed E-state index contributed by atoms with van der Waals surface area (Å²) in [4.78, 5) is 11.9. The summed E-state index contributed by atoms with van der Waals surface area (Å²) in [7, 11) is 0. The molecule has 0 aromatic heterocycles. The first-order valence-electron chi connectivity index (χ1n) is 6.52. The van der Waals surface area contributed by atoms with Crippen LogP contribution in [0.3, 0.4) is 0 Å². The number of hydrogen-bond donors (Lipinski definition) is 2. The second-order valence-corrected chi connectivity index (χ2v) is 4.64. The van der Waals surface area contributed by atoms with Gasteiger partial charge in [0, 0.05) is 11.7 Å². The third-order valence-corrected chi connectivity index (χ3v) is 2.42. The maximum absolute atomic E-state index is 11.9. The van der Waals surface area contributed by atoms with Gasteiger partial charge in [-0.05, 0) is 19.4 Å². The highest BCUT2D eigenvalue weighted by molar-refractivity contribution is 5.99. The van der Waals surface area contributed by atoms with Crippen LogP contribution in [0, 0.1) is 0 Å². The number of carbonyl (C=O) groups excluding carboxylic acids is 1. The van der Waals surface area contributed by atoms with Crippen molar-refractivity contribution < 1.29 is 15.0 Å². The lowest BCUT2D eigenvalue weighted by molar-refractivity contribution is 0.0747. The van der Waals surface area contributed by atoms with Crippen LogP contribution in [0.15, 0.2) is 60.7 Å². The van der Waals surface area contributed by atoms with Crippen LogP contribution >= 0.6 is 0 Å². The Morgan fingerprint density at radius 1 is 0.850 bits per heavy atom. The van der Waals surface area contributed by atoms with Gasteiger partial charge in [-0.2, -0.15) is 0 Å². The summed E-state index contributed by atoms with van der Waals surface area (Å²) in [6.45, 7) is 3.44. The van der Waals surface area contributed by atoms with Crippen LogP contribution in [0.2, 0.25) is 0 Å². The average molecular weight is 272 g/mol. The number of carbonyl (C=O) groups is 1. The molecule has 0 spiro atoms. The third-order valence-electron chi connectivity index (χ3n) is 2.42. The van der Waals surface area contributed by atoms with Gasteiger partial charge in [-0.3, -0.25) is 4.79 Å². The lowest BCUT2D eigenvalue weighted by atomic mass is 10.0. The number of ketones is 1. The number of aliphatic hydroxyl groups is 2. The van der Waals surface area contributed by atoms with Crippen molar-refractivity contribution in [1.29, 1.82) is 0 Å². The Hall–Kier alpha value is -1.97. The molecular weight excluding hydrogens is 252 g/mol. The molecule has 0 saturated heterocycles. The summed E-state index contributed by atoms with van der Waals surface area (Å²) >= 11 is 0. The molecule has 2 N–H and O–H groups in total. The van der Waals surface area contributed by atoms with E-state index in [0.717, 1.165) is 0 Å². The minimum Gasteiger partial charge on any atom is -0.394 e. The van der Waals surface area contributed by atoms with Gasteiger partial charge in [0.1, 0.15) is 6.10 Å². The quantitative estimate of drug-likeness (QED) is 0.844. The van der Waals surface area contributed by atoms with Gasteiger partial charge in [0.15, 0.2) is 5.78 Å².